The highest BCUT2D eigenvalue weighted by Gasteiger charge is 2.26. The highest BCUT2D eigenvalue weighted by atomic mass is 32.2. The average molecular weight is 409 g/mol. The van der Waals surface area contributed by atoms with E-state index in [0.29, 0.717) is 24.7 Å². The van der Waals surface area contributed by atoms with Gasteiger partial charge in [-0.25, -0.2) is 0 Å². The zero-order chi connectivity index (χ0) is 20.3. The maximum atomic E-state index is 11.2. The lowest BCUT2D eigenvalue weighted by molar-refractivity contribution is -0.118. The Labute approximate surface area is 168 Å². The van der Waals surface area contributed by atoms with Gasteiger partial charge in [-0.05, 0) is 19.8 Å². The van der Waals surface area contributed by atoms with Crippen molar-refractivity contribution in [3.05, 3.63) is 17.5 Å². The van der Waals surface area contributed by atoms with E-state index in [0.717, 1.165) is 30.4 Å². The van der Waals surface area contributed by atoms with Gasteiger partial charge in [-0.2, -0.15) is 4.98 Å². The molecule has 0 aromatic carbocycles. The van der Waals surface area contributed by atoms with E-state index in [9.17, 15) is 4.79 Å². The number of nitrogens with two attached hydrogens (primary N) is 1. The van der Waals surface area contributed by atoms with Gasteiger partial charge in [-0.1, -0.05) is 37.7 Å². The molecule has 2 N–H and O–H groups in total. The number of thioether (sulfide) groups is 1. The van der Waals surface area contributed by atoms with Gasteiger partial charge in [-0.3, -0.25) is 4.79 Å². The molecule has 2 aromatic rings. The van der Waals surface area contributed by atoms with Crippen LogP contribution in [0.25, 0.3) is 0 Å². The largest absolute Gasteiger partial charge is 0.376 e. The molecule has 0 bridgehead atoms. The molecule has 2 unspecified atom stereocenters. The predicted octanol–water partition coefficient (Wildman–Crippen LogP) is 2.41. The Morgan fingerprint density at radius 2 is 2.18 bits per heavy atom. The van der Waals surface area contributed by atoms with Crippen molar-refractivity contribution in [3.8, 4) is 0 Å². The first kappa shape index (κ1) is 20.8. The highest BCUT2D eigenvalue weighted by molar-refractivity contribution is 7.99. The van der Waals surface area contributed by atoms with Crippen molar-refractivity contribution >= 4 is 17.7 Å². The second-order valence-corrected chi connectivity index (χ2v) is 9.39. The summed E-state index contributed by atoms with van der Waals surface area (Å²) in [6, 6.07) is 0. The molecule has 2 atom stereocenters. The van der Waals surface area contributed by atoms with Crippen LogP contribution in [0.1, 0.15) is 69.7 Å². The minimum absolute atomic E-state index is 0.0833. The number of hydrogen-bond donors (Lipinski definition) is 1. The summed E-state index contributed by atoms with van der Waals surface area (Å²) in [4.78, 5) is 15.7. The van der Waals surface area contributed by atoms with Crippen LogP contribution in [-0.4, -0.2) is 43.5 Å². The molecule has 0 spiro atoms. The molecule has 154 valence electrons. The molecule has 1 saturated heterocycles. The maximum Gasteiger partial charge on any atom is 0.239 e. The standard InChI is InChI=1S/C18H28N6O3S/c1-11(15-20-16(23-27-15)18(2,3)4)28-17-22-21-14(8-7-13(19)25)24(17)10-12-6-5-9-26-12/h11-12H,5-10H2,1-4H3,(H2,19,25). The molecule has 0 saturated carbocycles. The molecule has 9 nitrogen and oxygen atoms in total. The van der Waals surface area contributed by atoms with Gasteiger partial charge in [0.05, 0.1) is 17.9 Å². The van der Waals surface area contributed by atoms with E-state index in [1.807, 2.05) is 32.3 Å². The van der Waals surface area contributed by atoms with Crippen molar-refractivity contribution < 1.29 is 14.1 Å². The number of hydrogen-bond acceptors (Lipinski definition) is 8. The summed E-state index contributed by atoms with van der Waals surface area (Å²) in [6.07, 6.45) is 2.89. The van der Waals surface area contributed by atoms with E-state index in [4.69, 9.17) is 15.0 Å². The number of carbonyl (C=O) groups is 1. The first-order valence-electron chi connectivity index (χ1n) is 9.56. The zero-order valence-electron chi connectivity index (χ0n) is 16.8. The smallest absolute Gasteiger partial charge is 0.239 e. The van der Waals surface area contributed by atoms with Crippen LogP contribution in [0.15, 0.2) is 9.68 Å². The summed E-state index contributed by atoms with van der Waals surface area (Å²) in [5, 5.41) is 13.4. The number of carbonyl (C=O) groups excluding carboxylic acids is 1. The van der Waals surface area contributed by atoms with Gasteiger partial charge in [0.15, 0.2) is 11.0 Å². The fourth-order valence-corrected chi connectivity index (χ4v) is 3.82. The van der Waals surface area contributed by atoms with Gasteiger partial charge in [0.25, 0.3) is 0 Å². The van der Waals surface area contributed by atoms with Crippen LogP contribution in [0.2, 0.25) is 0 Å². The van der Waals surface area contributed by atoms with Crippen LogP contribution >= 0.6 is 11.8 Å². The third-order valence-electron chi connectivity index (χ3n) is 4.54. The van der Waals surface area contributed by atoms with Crippen molar-refractivity contribution in [1.29, 1.82) is 0 Å². The summed E-state index contributed by atoms with van der Waals surface area (Å²) in [7, 11) is 0. The summed E-state index contributed by atoms with van der Waals surface area (Å²) in [5.74, 6) is 1.62. The maximum absolute atomic E-state index is 11.2. The molecule has 10 heteroatoms. The monoisotopic (exact) mass is 408 g/mol. The molecule has 1 fully saturated rings. The molecule has 3 rings (SSSR count). The van der Waals surface area contributed by atoms with E-state index in [2.05, 4.69) is 20.3 Å². The van der Waals surface area contributed by atoms with Crippen molar-refractivity contribution in [2.75, 3.05) is 6.61 Å². The molecule has 1 amide bonds. The third-order valence-corrected chi connectivity index (χ3v) is 5.61. The summed E-state index contributed by atoms with van der Waals surface area (Å²) < 4.78 is 13.3. The van der Waals surface area contributed by atoms with Crippen LogP contribution in [-0.2, 0) is 27.9 Å². The zero-order valence-corrected chi connectivity index (χ0v) is 17.7. The Morgan fingerprint density at radius 1 is 1.39 bits per heavy atom. The number of amides is 1. The van der Waals surface area contributed by atoms with Crippen molar-refractivity contribution in [2.24, 2.45) is 5.73 Å². The molecule has 28 heavy (non-hydrogen) atoms. The molecule has 0 aliphatic carbocycles. The Hall–Kier alpha value is -1.94. The molecule has 0 radical (unpaired) electrons. The van der Waals surface area contributed by atoms with E-state index in [1.165, 1.54) is 11.8 Å². The van der Waals surface area contributed by atoms with Gasteiger partial charge in [0, 0.05) is 24.9 Å². The Bertz CT molecular complexity index is 807. The lowest BCUT2D eigenvalue weighted by Gasteiger charge is -2.15. The summed E-state index contributed by atoms with van der Waals surface area (Å²) >= 11 is 1.51. The van der Waals surface area contributed by atoms with Gasteiger partial charge in [0.2, 0.25) is 11.8 Å². The van der Waals surface area contributed by atoms with E-state index < -0.39 is 0 Å². The number of aromatic nitrogens is 5. The quantitative estimate of drug-likeness (QED) is 0.661. The molecule has 2 aromatic heterocycles. The Morgan fingerprint density at radius 3 is 2.79 bits per heavy atom. The number of primary amides is 1. The number of nitrogens with zero attached hydrogens (tertiary/aromatic N) is 5. The second-order valence-electron chi connectivity index (χ2n) is 8.08. The van der Waals surface area contributed by atoms with Crippen molar-refractivity contribution in [3.63, 3.8) is 0 Å². The van der Waals surface area contributed by atoms with Crippen LogP contribution in [0.3, 0.4) is 0 Å². The molecular formula is C18H28N6O3S. The topological polar surface area (TPSA) is 122 Å². The van der Waals surface area contributed by atoms with Gasteiger partial charge >= 0.3 is 0 Å². The lowest BCUT2D eigenvalue weighted by atomic mass is 9.96. The third kappa shape index (κ3) is 5.11. The Kier molecular flexibility index (Phi) is 6.39. The first-order chi connectivity index (χ1) is 13.2. The van der Waals surface area contributed by atoms with E-state index in [1.54, 1.807) is 0 Å². The molecule has 1 aliphatic rings. The Balaban J connectivity index is 1.77. The summed E-state index contributed by atoms with van der Waals surface area (Å²) in [5.41, 5.74) is 5.13. The number of ether oxygens (including phenoxy) is 1. The fraction of sp³-hybridized carbons (Fsp3) is 0.722. The number of aryl methyl sites for hydroxylation is 1. The second kappa shape index (κ2) is 8.60. The van der Waals surface area contributed by atoms with E-state index in [-0.39, 0.29) is 29.1 Å². The lowest BCUT2D eigenvalue weighted by Crippen LogP contribution is -2.19. The number of rotatable bonds is 8. The van der Waals surface area contributed by atoms with Crippen LogP contribution in [0, 0.1) is 0 Å². The minimum Gasteiger partial charge on any atom is -0.376 e. The average Bonchev–Trinajstić information content (AvgIpc) is 3.34. The van der Waals surface area contributed by atoms with Crippen LogP contribution in [0.4, 0.5) is 0 Å². The molecule has 3 heterocycles. The van der Waals surface area contributed by atoms with Gasteiger partial charge < -0.3 is 19.6 Å². The molecular weight excluding hydrogens is 380 g/mol. The minimum atomic E-state index is -0.352. The molecule has 1 aliphatic heterocycles. The van der Waals surface area contributed by atoms with Crippen LogP contribution < -0.4 is 5.73 Å². The van der Waals surface area contributed by atoms with Crippen molar-refractivity contribution in [2.45, 2.75) is 81.8 Å². The normalized spacial score (nSPS) is 18.5. The first-order valence-corrected chi connectivity index (χ1v) is 10.4. The summed E-state index contributed by atoms with van der Waals surface area (Å²) in [6.45, 7) is 9.57. The SMILES string of the molecule is CC(Sc1nnc(CCC(N)=O)n1CC1CCCO1)c1nc(C(C)(C)C)no1. The van der Waals surface area contributed by atoms with Gasteiger partial charge in [0.1, 0.15) is 5.82 Å². The fourth-order valence-electron chi connectivity index (χ4n) is 2.91. The van der Waals surface area contributed by atoms with E-state index >= 15 is 0 Å². The highest BCUT2D eigenvalue weighted by Crippen LogP contribution is 2.34. The van der Waals surface area contributed by atoms with Gasteiger partial charge in [-0.15, -0.1) is 10.2 Å². The van der Waals surface area contributed by atoms with Crippen molar-refractivity contribution in [1.82, 2.24) is 24.9 Å². The predicted molar refractivity (Wildman–Crippen MR) is 104 cm³/mol. The van der Waals surface area contributed by atoms with Crippen LogP contribution in [0.5, 0.6) is 0 Å².